The standard InChI is InChI=1S/C11H11Cl3O2/c12-6-2-4-8(11(15)16)7-3-1-5-9(13)10(7)14/h1,3,5,8H,2,4,6H2,(H,15,16). The molecule has 0 aromatic heterocycles. The molecule has 0 amide bonds. The summed E-state index contributed by atoms with van der Waals surface area (Å²) in [5.74, 6) is -1.12. The van der Waals surface area contributed by atoms with Gasteiger partial charge in [-0.05, 0) is 24.5 Å². The van der Waals surface area contributed by atoms with Crippen LogP contribution in [-0.2, 0) is 4.79 Å². The molecule has 0 aliphatic heterocycles. The van der Waals surface area contributed by atoms with Crippen molar-refractivity contribution in [3.63, 3.8) is 0 Å². The van der Waals surface area contributed by atoms with Gasteiger partial charge in [-0.25, -0.2) is 0 Å². The first-order valence-corrected chi connectivity index (χ1v) is 6.09. The lowest BCUT2D eigenvalue weighted by molar-refractivity contribution is -0.139. The Hall–Kier alpha value is -0.440. The summed E-state index contributed by atoms with van der Waals surface area (Å²) in [5.41, 5.74) is 0.548. The van der Waals surface area contributed by atoms with Crippen LogP contribution in [0.25, 0.3) is 0 Å². The quantitative estimate of drug-likeness (QED) is 0.822. The molecule has 0 bridgehead atoms. The second-order valence-electron chi connectivity index (χ2n) is 3.37. The van der Waals surface area contributed by atoms with Gasteiger partial charge in [-0.3, -0.25) is 4.79 Å². The Labute approximate surface area is 109 Å². The van der Waals surface area contributed by atoms with Gasteiger partial charge in [-0.2, -0.15) is 0 Å². The highest BCUT2D eigenvalue weighted by Crippen LogP contribution is 2.33. The molecular weight excluding hydrogens is 270 g/mol. The van der Waals surface area contributed by atoms with E-state index in [4.69, 9.17) is 39.9 Å². The van der Waals surface area contributed by atoms with Gasteiger partial charge in [0, 0.05) is 5.88 Å². The zero-order chi connectivity index (χ0) is 12.1. The molecule has 0 aliphatic rings. The molecule has 5 heteroatoms. The van der Waals surface area contributed by atoms with Crippen LogP contribution in [0.1, 0.15) is 24.3 Å². The van der Waals surface area contributed by atoms with Crippen molar-refractivity contribution in [2.75, 3.05) is 5.88 Å². The van der Waals surface area contributed by atoms with Gasteiger partial charge in [0.15, 0.2) is 0 Å². The van der Waals surface area contributed by atoms with E-state index in [2.05, 4.69) is 0 Å². The third-order valence-electron chi connectivity index (χ3n) is 2.28. The fourth-order valence-electron chi connectivity index (χ4n) is 1.48. The zero-order valence-corrected chi connectivity index (χ0v) is 10.7. The first-order valence-electron chi connectivity index (χ1n) is 4.80. The van der Waals surface area contributed by atoms with E-state index < -0.39 is 11.9 Å². The van der Waals surface area contributed by atoms with Crippen LogP contribution in [0.3, 0.4) is 0 Å². The van der Waals surface area contributed by atoms with Crippen molar-refractivity contribution >= 4 is 40.8 Å². The number of aliphatic carboxylic acids is 1. The summed E-state index contributed by atoms with van der Waals surface area (Å²) in [6.45, 7) is 0. The molecule has 0 aliphatic carbocycles. The van der Waals surface area contributed by atoms with Gasteiger partial charge in [0.2, 0.25) is 0 Å². The predicted octanol–water partition coefficient (Wildman–Crippen LogP) is 4.18. The predicted molar refractivity (Wildman–Crippen MR) is 66.8 cm³/mol. The molecule has 0 spiro atoms. The summed E-state index contributed by atoms with van der Waals surface area (Å²) >= 11 is 17.4. The van der Waals surface area contributed by atoms with E-state index in [1.54, 1.807) is 18.2 Å². The normalized spacial score (nSPS) is 12.4. The average Bonchev–Trinajstić information content (AvgIpc) is 2.24. The van der Waals surface area contributed by atoms with Gasteiger partial charge in [-0.1, -0.05) is 35.3 Å². The summed E-state index contributed by atoms with van der Waals surface area (Å²) in [6.07, 6.45) is 1.08. The van der Waals surface area contributed by atoms with E-state index in [1.165, 1.54) is 0 Å². The van der Waals surface area contributed by atoms with Crippen molar-refractivity contribution in [2.45, 2.75) is 18.8 Å². The average molecular weight is 282 g/mol. The second-order valence-corrected chi connectivity index (χ2v) is 4.53. The van der Waals surface area contributed by atoms with Crippen molar-refractivity contribution in [1.29, 1.82) is 0 Å². The minimum atomic E-state index is -0.908. The SMILES string of the molecule is O=C(O)C(CCCCl)c1cccc(Cl)c1Cl. The number of rotatable bonds is 5. The minimum Gasteiger partial charge on any atom is -0.481 e. The van der Waals surface area contributed by atoms with E-state index in [9.17, 15) is 4.79 Å². The largest absolute Gasteiger partial charge is 0.481 e. The summed E-state index contributed by atoms with van der Waals surface area (Å²) in [4.78, 5) is 11.1. The van der Waals surface area contributed by atoms with Crippen LogP contribution >= 0.6 is 34.8 Å². The van der Waals surface area contributed by atoms with Crippen molar-refractivity contribution < 1.29 is 9.90 Å². The van der Waals surface area contributed by atoms with Crippen LogP contribution in [-0.4, -0.2) is 17.0 Å². The molecular formula is C11H11Cl3O2. The maximum Gasteiger partial charge on any atom is 0.311 e. The second kappa shape index (κ2) is 6.33. The molecule has 1 aromatic carbocycles. The Morgan fingerprint density at radius 2 is 2.06 bits per heavy atom. The number of halogens is 3. The summed E-state index contributed by atoms with van der Waals surface area (Å²) in [6, 6.07) is 5.01. The Morgan fingerprint density at radius 3 is 2.62 bits per heavy atom. The van der Waals surface area contributed by atoms with Crippen molar-refractivity contribution in [2.24, 2.45) is 0 Å². The number of carboxylic acid groups (broad SMARTS) is 1. The van der Waals surface area contributed by atoms with Crippen LogP contribution in [0.15, 0.2) is 18.2 Å². The molecule has 0 saturated heterocycles. The number of hydrogen-bond donors (Lipinski definition) is 1. The highest BCUT2D eigenvalue weighted by Gasteiger charge is 2.22. The first kappa shape index (κ1) is 13.6. The minimum absolute atomic E-state index is 0.311. The fraction of sp³-hybridized carbons (Fsp3) is 0.364. The molecule has 1 N–H and O–H groups in total. The van der Waals surface area contributed by atoms with Crippen LogP contribution in [0, 0.1) is 0 Å². The monoisotopic (exact) mass is 280 g/mol. The smallest absolute Gasteiger partial charge is 0.311 e. The molecule has 1 unspecified atom stereocenters. The highest BCUT2D eigenvalue weighted by atomic mass is 35.5. The Morgan fingerprint density at radius 1 is 1.38 bits per heavy atom. The number of alkyl halides is 1. The molecule has 88 valence electrons. The van der Waals surface area contributed by atoms with Crippen LogP contribution in [0.2, 0.25) is 10.0 Å². The summed E-state index contributed by atoms with van der Waals surface area (Å²) < 4.78 is 0. The Kier molecular flexibility index (Phi) is 5.39. The van der Waals surface area contributed by atoms with Crippen LogP contribution in [0.4, 0.5) is 0 Å². The summed E-state index contributed by atoms with van der Waals surface area (Å²) in [7, 11) is 0. The lowest BCUT2D eigenvalue weighted by Gasteiger charge is -2.14. The molecule has 1 rings (SSSR count). The van der Waals surface area contributed by atoms with E-state index >= 15 is 0 Å². The molecule has 0 fully saturated rings. The van der Waals surface area contributed by atoms with Gasteiger partial charge in [0.1, 0.15) is 0 Å². The van der Waals surface area contributed by atoms with Gasteiger partial charge >= 0.3 is 5.97 Å². The molecule has 0 heterocycles. The molecule has 1 atom stereocenters. The van der Waals surface area contributed by atoms with E-state index in [-0.39, 0.29) is 0 Å². The molecule has 0 radical (unpaired) electrons. The van der Waals surface area contributed by atoms with Crippen molar-refractivity contribution in [1.82, 2.24) is 0 Å². The molecule has 1 aromatic rings. The van der Waals surface area contributed by atoms with Gasteiger partial charge in [0.05, 0.1) is 16.0 Å². The van der Waals surface area contributed by atoms with E-state index in [1.807, 2.05) is 0 Å². The number of carboxylic acids is 1. The van der Waals surface area contributed by atoms with Gasteiger partial charge in [-0.15, -0.1) is 11.6 Å². The van der Waals surface area contributed by atoms with Gasteiger partial charge in [0.25, 0.3) is 0 Å². The molecule has 0 saturated carbocycles. The number of carbonyl (C=O) groups is 1. The highest BCUT2D eigenvalue weighted by molar-refractivity contribution is 6.42. The number of benzene rings is 1. The maximum absolute atomic E-state index is 11.1. The van der Waals surface area contributed by atoms with Gasteiger partial charge < -0.3 is 5.11 Å². The third kappa shape index (κ3) is 3.27. The van der Waals surface area contributed by atoms with Crippen LogP contribution in [0.5, 0.6) is 0 Å². The zero-order valence-electron chi connectivity index (χ0n) is 8.42. The summed E-state index contributed by atoms with van der Waals surface area (Å²) in [5, 5.41) is 9.81. The lowest BCUT2D eigenvalue weighted by atomic mass is 9.94. The topological polar surface area (TPSA) is 37.3 Å². The first-order chi connectivity index (χ1) is 7.57. The van der Waals surface area contributed by atoms with Crippen LogP contribution < -0.4 is 0 Å². The van der Waals surface area contributed by atoms with Crippen molar-refractivity contribution in [3.05, 3.63) is 33.8 Å². The van der Waals surface area contributed by atoms with E-state index in [0.29, 0.717) is 34.3 Å². The number of hydrogen-bond acceptors (Lipinski definition) is 1. The Bertz CT molecular complexity index is 379. The van der Waals surface area contributed by atoms with E-state index in [0.717, 1.165) is 0 Å². The molecule has 2 nitrogen and oxygen atoms in total. The lowest BCUT2D eigenvalue weighted by Crippen LogP contribution is -2.12. The van der Waals surface area contributed by atoms with Crippen molar-refractivity contribution in [3.8, 4) is 0 Å². The fourth-order valence-corrected chi connectivity index (χ4v) is 2.08. The molecule has 16 heavy (non-hydrogen) atoms. The third-order valence-corrected chi connectivity index (χ3v) is 3.38. The maximum atomic E-state index is 11.1. The Balaban J connectivity index is 3.01.